The molecule has 1 amide bonds. The molecular formula is C12H23N3O. The standard InChI is InChI=1S/C12H23N3O/c1-5-8-15-11(16)10(6-7-13)14(4)9-12(15,2)3/h5,10H,1,6-9,13H2,2-4H3. The number of carbonyl (C=O) groups excluding carboxylic acids is 1. The van der Waals surface area contributed by atoms with E-state index < -0.39 is 0 Å². The van der Waals surface area contributed by atoms with Gasteiger partial charge in [-0.15, -0.1) is 6.58 Å². The third-order valence-electron chi connectivity index (χ3n) is 3.20. The van der Waals surface area contributed by atoms with E-state index in [9.17, 15) is 4.79 Å². The Morgan fingerprint density at radius 2 is 2.25 bits per heavy atom. The molecule has 1 saturated heterocycles. The van der Waals surface area contributed by atoms with Crippen molar-refractivity contribution < 1.29 is 4.79 Å². The van der Waals surface area contributed by atoms with Crippen LogP contribution in [0.1, 0.15) is 20.3 Å². The third-order valence-corrected chi connectivity index (χ3v) is 3.20. The van der Waals surface area contributed by atoms with Gasteiger partial charge >= 0.3 is 0 Å². The fraction of sp³-hybridized carbons (Fsp3) is 0.750. The number of nitrogens with two attached hydrogens (primary N) is 1. The van der Waals surface area contributed by atoms with Gasteiger partial charge in [-0.05, 0) is 33.9 Å². The highest BCUT2D eigenvalue weighted by atomic mass is 16.2. The molecule has 2 N–H and O–H groups in total. The molecule has 4 heteroatoms. The normalized spacial score (nSPS) is 25.9. The van der Waals surface area contributed by atoms with E-state index in [-0.39, 0.29) is 17.5 Å². The molecule has 1 unspecified atom stereocenters. The molecule has 1 aliphatic rings. The summed E-state index contributed by atoms with van der Waals surface area (Å²) in [6.07, 6.45) is 2.50. The van der Waals surface area contributed by atoms with Gasteiger partial charge in [-0.1, -0.05) is 6.08 Å². The van der Waals surface area contributed by atoms with Gasteiger partial charge in [-0.3, -0.25) is 9.69 Å². The van der Waals surface area contributed by atoms with Crippen LogP contribution in [0.25, 0.3) is 0 Å². The van der Waals surface area contributed by atoms with E-state index in [2.05, 4.69) is 25.3 Å². The van der Waals surface area contributed by atoms with Gasteiger partial charge in [0.2, 0.25) is 5.91 Å². The fourth-order valence-electron chi connectivity index (χ4n) is 2.44. The molecule has 4 nitrogen and oxygen atoms in total. The molecule has 0 radical (unpaired) electrons. The molecule has 1 aliphatic heterocycles. The predicted octanol–water partition coefficient (Wildman–Crippen LogP) is 0.442. The average molecular weight is 225 g/mol. The second-order valence-electron chi connectivity index (χ2n) is 5.06. The summed E-state index contributed by atoms with van der Waals surface area (Å²) in [5.41, 5.74) is 5.42. The number of likely N-dealkylation sites (N-methyl/N-ethyl adjacent to an activating group) is 1. The Balaban J connectivity index is 2.89. The van der Waals surface area contributed by atoms with Crippen LogP contribution in [-0.2, 0) is 4.79 Å². The maximum atomic E-state index is 12.3. The number of rotatable bonds is 4. The quantitative estimate of drug-likeness (QED) is 0.706. The van der Waals surface area contributed by atoms with Gasteiger partial charge in [0, 0.05) is 13.1 Å². The van der Waals surface area contributed by atoms with Crippen LogP contribution in [0.3, 0.4) is 0 Å². The lowest BCUT2D eigenvalue weighted by atomic mass is 9.94. The number of nitrogens with zero attached hydrogens (tertiary/aromatic N) is 2. The van der Waals surface area contributed by atoms with Crippen LogP contribution in [-0.4, -0.2) is 54.0 Å². The second-order valence-corrected chi connectivity index (χ2v) is 5.06. The minimum atomic E-state index is -0.134. The minimum Gasteiger partial charge on any atom is -0.331 e. The van der Waals surface area contributed by atoms with Crippen LogP contribution < -0.4 is 5.73 Å². The summed E-state index contributed by atoms with van der Waals surface area (Å²) in [5, 5.41) is 0. The summed E-state index contributed by atoms with van der Waals surface area (Å²) in [6.45, 7) is 9.92. The minimum absolute atomic E-state index is 0.0713. The predicted molar refractivity (Wildman–Crippen MR) is 66.1 cm³/mol. The molecule has 0 aromatic heterocycles. The topological polar surface area (TPSA) is 49.6 Å². The van der Waals surface area contributed by atoms with E-state index in [1.807, 2.05) is 11.9 Å². The highest BCUT2D eigenvalue weighted by Gasteiger charge is 2.41. The van der Waals surface area contributed by atoms with Crippen molar-refractivity contribution in [3.63, 3.8) is 0 Å². The van der Waals surface area contributed by atoms with Gasteiger partial charge in [0.25, 0.3) is 0 Å². The van der Waals surface area contributed by atoms with Crippen LogP contribution >= 0.6 is 0 Å². The first-order valence-electron chi connectivity index (χ1n) is 5.76. The zero-order valence-corrected chi connectivity index (χ0v) is 10.6. The summed E-state index contributed by atoms with van der Waals surface area (Å²) >= 11 is 0. The lowest BCUT2D eigenvalue weighted by Gasteiger charge is -2.49. The molecule has 1 heterocycles. The summed E-state index contributed by atoms with van der Waals surface area (Å²) in [6, 6.07) is -0.0713. The first-order valence-corrected chi connectivity index (χ1v) is 5.76. The molecule has 16 heavy (non-hydrogen) atoms. The molecule has 0 saturated carbocycles. The number of hydrogen-bond donors (Lipinski definition) is 1. The van der Waals surface area contributed by atoms with Gasteiger partial charge in [-0.25, -0.2) is 0 Å². The van der Waals surface area contributed by atoms with Crippen LogP contribution in [0.4, 0.5) is 0 Å². The first-order chi connectivity index (χ1) is 7.44. The highest BCUT2D eigenvalue weighted by Crippen LogP contribution is 2.25. The van der Waals surface area contributed by atoms with Gasteiger partial charge in [0.15, 0.2) is 0 Å². The molecule has 0 spiro atoms. The fourth-order valence-corrected chi connectivity index (χ4v) is 2.44. The van der Waals surface area contributed by atoms with Gasteiger partial charge in [0.05, 0.1) is 11.6 Å². The molecule has 0 bridgehead atoms. The molecule has 1 fully saturated rings. The Labute approximate surface area is 98.1 Å². The number of hydrogen-bond acceptors (Lipinski definition) is 3. The molecule has 0 aromatic rings. The van der Waals surface area contributed by atoms with E-state index in [1.165, 1.54) is 0 Å². The van der Waals surface area contributed by atoms with E-state index >= 15 is 0 Å². The molecule has 0 aromatic carbocycles. The van der Waals surface area contributed by atoms with E-state index in [0.717, 1.165) is 13.0 Å². The number of piperazine rings is 1. The summed E-state index contributed by atoms with van der Waals surface area (Å²) < 4.78 is 0. The Hall–Kier alpha value is -0.870. The maximum absolute atomic E-state index is 12.3. The number of amides is 1. The average Bonchev–Trinajstić information content (AvgIpc) is 2.18. The van der Waals surface area contributed by atoms with Crippen molar-refractivity contribution in [1.82, 2.24) is 9.80 Å². The number of carbonyl (C=O) groups is 1. The van der Waals surface area contributed by atoms with Crippen LogP contribution in [0.2, 0.25) is 0 Å². The Morgan fingerprint density at radius 3 is 2.75 bits per heavy atom. The van der Waals surface area contributed by atoms with Crippen LogP contribution in [0, 0.1) is 0 Å². The smallest absolute Gasteiger partial charge is 0.240 e. The van der Waals surface area contributed by atoms with Crippen molar-refractivity contribution in [2.24, 2.45) is 5.73 Å². The van der Waals surface area contributed by atoms with Gasteiger partial charge in [-0.2, -0.15) is 0 Å². The van der Waals surface area contributed by atoms with Gasteiger partial charge < -0.3 is 10.6 Å². The summed E-state index contributed by atoms with van der Waals surface area (Å²) in [4.78, 5) is 16.3. The lowest BCUT2D eigenvalue weighted by Crippen LogP contribution is -2.65. The Morgan fingerprint density at radius 1 is 1.62 bits per heavy atom. The monoisotopic (exact) mass is 225 g/mol. The van der Waals surface area contributed by atoms with E-state index in [1.54, 1.807) is 6.08 Å². The zero-order chi connectivity index (χ0) is 12.3. The van der Waals surface area contributed by atoms with Crippen molar-refractivity contribution in [3.8, 4) is 0 Å². The van der Waals surface area contributed by atoms with Crippen molar-refractivity contribution in [2.45, 2.75) is 31.8 Å². The largest absolute Gasteiger partial charge is 0.331 e. The lowest BCUT2D eigenvalue weighted by molar-refractivity contribution is -0.149. The van der Waals surface area contributed by atoms with E-state index in [4.69, 9.17) is 5.73 Å². The molecule has 0 aliphatic carbocycles. The van der Waals surface area contributed by atoms with Crippen molar-refractivity contribution in [1.29, 1.82) is 0 Å². The Bertz CT molecular complexity index is 275. The molecular weight excluding hydrogens is 202 g/mol. The third kappa shape index (κ3) is 2.44. The summed E-state index contributed by atoms with van der Waals surface area (Å²) in [5.74, 6) is 0.170. The first kappa shape index (κ1) is 13.2. The van der Waals surface area contributed by atoms with Gasteiger partial charge in [0.1, 0.15) is 0 Å². The highest BCUT2D eigenvalue weighted by molar-refractivity contribution is 5.83. The molecule has 92 valence electrons. The zero-order valence-electron chi connectivity index (χ0n) is 10.6. The van der Waals surface area contributed by atoms with E-state index in [0.29, 0.717) is 13.1 Å². The van der Waals surface area contributed by atoms with Crippen LogP contribution in [0.5, 0.6) is 0 Å². The van der Waals surface area contributed by atoms with Crippen molar-refractivity contribution in [3.05, 3.63) is 12.7 Å². The molecule has 1 atom stereocenters. The summed E-state index contributed by atoms with van der Waals surface area (Å²) in [7, 11) is 1.99. The maximum Gasteiger partial charge on any atom is 0.240 e. The molecule has 1 rings (SSSR count). The van der Waals surface area contributed by atoms with Crippen molar-refractivity contribution in [2.75, 3.05) is 26.7 Å². The van der Waals surface area contributed by atoms with Crippen molar-refractivity contribution >= 4 is 5.91 Å². The second kappa shape index (κ2) is 4.97. The Kier molecular flexibility index (Phi) is 4.10. The van der Waals surface area contributed by atoms with Crippen LogP contribution in [0.15, 0.2) is 12.7 Å². The SMILES string of the molecule is C=CCN1C(=O)C(CCN)N(C)CC1(C)C.